The molecule has 0 bridgehead atoms. The molecule has 0 saturated carbocycles. The number of nitrogens with zero attached hydrogens (tertiary/aromatic N) is 1. The molecule has 0 radical (unpaired) electrons. The van der Waals surface area contributed by atoms with E-state index in [0.717, 1.165) is 0 Å². The van der Waals surface area contributed by atoms with Gasteiger partial charge in [0.15, 0.2) is 5.82 Å². The van der Waals surface area contributed by atoms with Crippen LogP contribution in [0.3, 0.4) is 0 Å². The van der Waals surface area contributed by atoms with Gasteiger partial charge in [0.05, 0.1) is 0 Å². The number of terminal acetylenes is 1. The number of carbonyl (C=O) groups is 1. The molecular formula is C9H12N4O. The zero-order chi connectivity index (χ0) is 10.6. The van der Waals surface area contributed by atoms with E-state index in [2.05, 4.69) is 21.4 Å². The highest BCUT2D eigenvalue weighted by Crippen LogP contribution is 2.11. The summed E-state index contributed by atoms with van der Waals surface area (Å²) in [7, 11) is 0. The average Bonchev–Trinajstić information content (AvgIpc) is 2.46. The molecule has 1 amide bonds. The SMILES string of the molecule is C#CCCNC(=O)c1c(N)n[nH]c1C. The van der Waals surface area contributed by atoms with Gasteiger partial charge < -0.3 is 11.1 Å². The summed E-state index contributed by atoms with van der Waals surface area (Å²) in [6.07, 6.45) is 5.55. The first-order valence-electron chi connectivity index (χ1n) is 4.19. The molecule has 0 spiro atoms. The third-order valence-electron chi connectivity index (χ3n) is 1.76. The molecule has 1 heterocycles. The lowest BCUT2D eigenvalue weighted by molar-refractivity contribution is 0.0955. The van der Waals surface area contributed by atoms with Crippen molar-refractivity contribution in [3.63, 3.8) is 0 Å². The average molecular weight is 192 g/mol. The number of aryl methyl sites for hydroxylation is 1. The summed E-state index contributed by atoms with van der Waals surface area (Å²) in [6, 6.07) is 0. The molecular weight excluding hydrogens is 180 g/mol. The number of carbonyl (C=O) groups excluding carboxylic acids is 1. The first-order valence-corrected chi connectivity index (χ1v) is 4.19. The minimum atomic E-state index is -0.246. The number of hydrogen-bond donors (Lipinski definition) is 3. The van der Waals surface area contributed by atoms with Crippen molar-refractivity contribution in [2.24, 2.45) is 0 Å². The van der Waals surface area contributed by atoms with Crippen molar-refractivity contribution in [1.29, 1.82) is 0 Å². The first-order chi connectivity index (χ1) is 6.66. The van der Waals surface area contributed by atoms with Crippen LogP contribution in [0, 0.1) is 19.3 Å². The Balaban J connectivity index is 2.66. The Morgan fingerprint density at radius 1 is 1.79 bits per heavy atom. The number of aromatic nitrogens is 2. The summed E-state index contributed by atoms with van der Waals surface area (Å²) in [6.45, 7) is 2.18. The van der Waals surface area contributed by atoms with Gasteiger partial charge in [-0.1, -0.05) is 0 Å². The van der Waals surface area contributed by atoms with E-state index >= 15 is 0 Å². The maximum atomic E-state index is 11.5. The molecule has 1 aromatic heterocycles. The Labute approximate surface area is 82.1 Å². The van der Waals surface area contributed by atoms with Crippen molar-refractivity contribution >= 4 is 11.7 Å². The number of nitrogen functional groups attached to an aromatic ring is 1. The molecule has 5 nitrogen and oxygen atoms in total. The number of rotatable bonds is 3. The number of nitrogens with two attached hydrogens (primary N) is 1. The van der Waals surface area contributed by atoms with Crippen LogP contribution in [0.4, 0.5) is 5.82 Å². The highest BCUT2D eigenvalue weighted by Gasteiger charge is 2.14. The fourth-order valence-electron chi connectivity index (χ4n) is 1.07. The van der Waals surface area contributed by atoms with Gasteiger partial charge in [-0.3, -0.25) is 9.89 Å². The van der Waals surface area contributed by atoms with Crippen LogP contribution in [0.2, 0.25) is 0 Å². The van der Waals surface area contributed by atoms with Crippen LogP contribution in [0.1, 0.15) is 22.5 Å². The van der Waals surface area contributed by atoms with Gasteiger partial charge in [0.1, 0.15) is 5.56 Å². The number of aromatic amines is 1. The number of nitrogens with one attached hydrogen (secondary N) is 2. The van der Waals surface area contributed by atoms with Crippen LogP contribution in [-0.2, 0) is 0 Å². The van der Waals surface area contributed by atoms with Crippen LogP contribution in [-0.4, -0.2) is 22.6 Å². The monoisotopic (exact) mass is 192 g/mol. The summed E-state index contributed by atoms with van der Waals surface area (Å²) in [5.41, 5.74) is 6.55. The van der Waals surface area contributed by atoms with Gasteiger partial charge in [0, 0.05) is 18.7 Å². The molecule has 5 heteroatoms. The van der Waals surface area contributed by atoms with Crippen molar-refractivity contribution in [3.05, 3.63) is 11.3 Å². The Bertz CT molecular complexity index is 355. The number of anilines is 1. The highest BCUT2D eigenvalue weighted by atomic mass is 16.1. The number of hydrogen-bond acceptors (Lipinski definition) is 3. The molecule has 14 heavy (non-hydrogen) atoms. The van der Waals surface area contributed by atoms with Gasteiger partial charge in [-0.15, -0.1) is 12.3 Å². The third kappa shape index (κ3) is 2.04. The largest absolute Gasteiger partial charge is 0.382 e. The fourth-order valence-corrected chi connectivity index (χ4v) is 1.07. The standard InChI is InChI=1S/C9H12N4O/c1-3-4-5-11-9(14)7-6(2)12-13-8(7)10/h1H,4-5H2,2H3,(H,11,14)(H3,10,12,13). The van der Waals surface area contributed by atoms with Crippen LogP contribution < -0.4 is 11.1 Å². The van der Waals surface area contributed by atoms with Gasteiger partial charge in [-0.05, 0) is 6.92 Å². The van der Waals surface area contributed by atoms with E-state index < -0.39 is 0 Å². The topological polar surface area (TPSA) is 83.8 Å². The van der Waals surface area contributed by atoms with E-state index in [0.29, 0.717) is 24.2 Å². The smallest absolute Gasteiger partial charge is 0.256 e. The van der Waals surface area contributed by atoms with Crippen molar-refractivity contribution in [2.75, 3.05) is 12.3 Å². The molecule has 4 N–H and O–H groups in total. The second kappa shape index (κ2) is 4.33. The van der Waals surface area contributed by atoms with Crippen LogP contribution in [0.5, 0.6) is 0 Å². The summed E-state index contributed by atoms with van der Waals surface area (Å²) in [4.78, 5) is 11.5. The number of H-pyrrole nitrogens is 1. The van der Waals surface area contributed by atoms with E-state index in [-0.39, 0.29) is 11.7 Å². The predicted octanol–water partition coefficient (Wildman–Crippen LogP) is 0.0534. The Morgan fingerprint density at radius 2 is 2.50 bits per heavy atom. The van der Waals surface area contributed by atoms with Gasteiger partial charge in [0.25, 0.3) is 5.91 Å². The lowest BCUT2D eigenvalue weighted by Gasteiger charge is -2.01. The van der Waals surface area contributed by atoms with Crippen LogP contribution in [0.15, 0.2) is 0 Å². The first kappa shape index (κ1) is 10.1. The summed E-state index contributed by atoms with van der Waals surface area (Å²) >= 11 is 0. The zero-order valence-corrected chi connectivity index (χ0v) is 7.92. The van der Waals surface area contributed by atoms with E-state index in [4.69, 9.17) is 12.2 Å². The lowest BCUT2D eigenvalue weighted by atomic mass is 10.2. The van der Waals surface area contributed by atoms with Crippen molar-refractivity contribution in [1.82, 2.24) is 15.5 Å². The van der Waals surface area contributed by atoms with E-state index in [1.54, 1.807) is 6.92 Å². The minimum absolute atomic E-state index is 0.209. The molecule has 0 saturated heterocycles. The zero-order valence-electron chi connectivity index (χ0n) is 7.92. The molecule has 0 aromatic carbocycles. The van der Waals surface area contributed by atoms with Crippen LogP contribution in [0.25, 0.3) is 0 Å². The molecule has 0 aliphatic carbocycles. The quantitative estimate of drug-likeness (QED) is 0.467. The molecule has 1 aromatic rings. The molecule has 0 aliphatic heterocycles. The molecule has 0 atom stereocenters. The van der Waals surface area contributed by atoms with E-state index in [1.807, 2.05) is 0 Å². The van der Waals surface area contributed by atoms with Gasteiger partial charge in [-0.2, -0.15) is 5.10 Å². The summed E-state index contributed by atoms with van der Waals surface area (Å²) in [5, 5.41) is 9.00. The Kier molecular flexibility index (Phi) is 3.13. The predicted molar refractivity (Wildman–Crippen MR) is 53.5 cm³/mol. The second-order valence-corrected chi connectivity index (χ2v) is 2.82. The highest BCUT2D eigenvalue weighted by molar-refractivity contribution is 5.99. The second-order valence-electron chi connectivity index (χ2n) is 2.82. The van der Waals surface area contributed by atoms with Crippen molar-refractivity contribution in [2.45, 2.75) is 13.3 Å². The Morgan fingerprint density at radius 3 is 3.00 bits per heavy atom. The van der Waals surface area contributed by atoms with Crippen molar-refractivity contribution < 1.29 is 4.79 Å². The molecule has 0 fully saturated rings. The van der Waals surface area contributed by atoms with Gasteiger partial charge in [0.2, 0.25) is 0 Å². The third-order valence-corrected chi connectivity index (χ3v) is 1.76. The van der Waals surface area contributed by atoms with Crippen LogP contribution >= 0.6 is 0 Å². The lowest BCUT2D eigenvalue weighted by Crippen LogP contribution is -2.25. The molecule has 0 unspecified atom stereocenters. The minimum Gasteiger partial charge on any atom is -0.382 e. The summed E-state index contributed by atoms with van der Waals surface area (Å²) in [5.74, 6) is 2.39. The normalized spacial score (nSPS) is 9.43. The summed E-state index contributed by atoms with van der Waals surface area (Å²) < 4.78 is 0. The van der Waals surface area contributed by atoms with E-state index in [9.17, 15) is 4.79 Å². The molecule has 0 aliphatic rings. The van der Waals surface area contributed by atoms with Crippen molar-refractivity contribution in [3.8, 4) is 12.3 Å². The fraction of sp³-hybridized carbons (Fsp3) is 0.333. The Hall–Kier alpha value is -1.96. The number of amides is 1. The molecule has 1 rings (SSSR count). The van der Waals surface area contributed by atoms with E-state index in [1.165, 1.54) is 0 Å². The van der Waals surface area contributed by atoms with Gasteiger partial charge in [-0.25, -0.2) is 0 Å². The molecule has 74 valence electrons. The maximum absolute atomic E-state index is 11.5. The maximum Gasteiger partial charge on any atom is 0.256 e. The van der Waals surface area contributed by atoms with Gasteiger partial charge >= 0.3 is 0 Å².